The second kappa shape index (κ2) is 4.22. The Labute approximate surface area is 121 Å². The first-order valence-electron chi connectivity index (χ1n) is 6.88. The van der Waals surface area contributed by atoms with Gasteiger partial charge in [0.25, 0.3) is 0 Å². The number of hydrogen-bond acceptors (Lipinski definition) is 5. The van der Waals surface area contributed by atoms with Crippen LogP contribution in [0.15, 0.2) is 17.0 Å². The van der Waals surface area contributed by atoms with Crippen molar-refractivity contribution in [1.29, 1.82) is 0 Å². The third kappa shape index (κ3) is 2.16. The number of aliphatic carboxylic acids is 1. The number of carbonyl (C=O) groups excluding carboxylic acids is 1. The molecule has 1 N–H and O–H groups in total. The predicted molar refractivity (Wildman–Crippen MR) is 70.7 cm³/mol. The molecule has 2 aliphatic rings. The van der Waals surface area contributed by atoms with Crippen LogP contribution >= 0.6 is 0 Å². The van der Waals surface area contributed by atoms with E-state index in [9.17, 15) is 14.7 Å². The van der Waals surface area contributed by atoms with Gasteiger partial charge in [0.15, 0.2) is 6.39 Å². The molecular formula is C14H18N2O5. The number of nitrogens with zero attached hydrogens (tertiary/aromatic N) is 2. The average Bonchev–Trinajstić information content (AvgIpc) is 2.80. The fraction of sp³-hybridized carbons (Fsp3) is 0.643. The van der Waals surface area contributed by atoms with Gasteiger partial charge in [0.2, 0.25) is 0 Å². The zero-order valence-electron chi connectivity index (χ0n) is 12.2. The van der Waals surface area contributed by atoms with Gasteiger partial charge in [0.1, 0.15) is 17.4 Å². The van der Waals surface area contributed by atoms with Gasteiger partial charge in [0.05, 0.1) is 11.6 Å². The van der Waals surface area contributed by atoms with Gasteiger partial charge in [-0.05, 0) is 33.6 Å². The lowest BCUT2D eigenvalue weighted by Crippen LogP contribution is -2.45. The van der Waals surface area contributed by atoms with E-state index in [0.717, 1.165) is 0 Å². The van der Waals surface area contributed by atoms with Crippen molar-refractivity contribution in [3.63, 3.8) is 0 Å². The highest BCUT2D eigenvalue weighted by Crippen LogP contribution is 2.60. The molecule has 0 aromatic carbocycles. The molecule has 114 valence electrons. The lowest BCUT2D eigenvalue weighted by atomic mass is 9.97. The zero-order valence-corrected chi connectivity index (χ0v) is 12.2. The van der Waals surface area contributed by atoms with Crippen LogP contribution in [0.25, 0.3) is 0 Å². The molecule has 1 unspecified atom stereocenters. The summed E-state index contributed by atoms with van der Waals surface area (Å²) in [6.07, 6.45) is 3.36. The van der Waals surface area contributed by atoms with Crippen LogP contribution in [0.5, 0.6) is 0 Å². The summed E-state index contributed by atoms with van der Waals surface area (Å²) in [5, 5.41) is 9.39. The normalized spacial score (nSPS) is 30.9. The second-order valence-electron chi connectivity index (χ2n) is 6.69. The summed E-state index contributed by atoms with van der Waals surface area (Å²) in [6.45, 7) is 5.27. The Hall–Kier alpha value is -2.05. The summed E-state index contributed by atoms with van der Waals surface area (Å²) in [5.41, 5.74) is -1.08. The first kappa shape index (κ1) is 13.9. The van der Waals surface area contributed by atoms with Gasteiger partial charge < -0.3 is 14.3 Å². The Kier molecular flexibility index (Phi) is 2.80. The minimum atomic E-state index is -1.02. The molecule has 0 spiro atoms. The topological polar surface area (TPSA) is 92.9 Å². The summed E-state index contributed by atoms with van der Waals surface area (Å²) in [5.74, 6) is -0.378. The van der Waals surface area contributed by atoms with Crippen molar-refractivity contribution in [3.8, 4) is 0 Å². The fourth-order valence-corrected chi connectivity index (χ4v) is 3.13. The lowest BCUT2D eigenvalue weighted by Gasteiger charge is -2.28. The van der Waals surface area contributed by atoms with Gasteiger partial charge in [-0.1, -0.05) is 0 Å². The van der Waals surface area contributed by atoms with E-state index in [1.807, 2.05) is 0 Å². The Morgan fingerprint density at radius 2 is 2.19 bits per heavy atom. The van der Waals surface area contributed by atoms with Crippen molar-refractivity contribution in [3.05, 3.63) is 18.4 Å². The molecule has 7 nitrogen and oxygen atoms in total. The van der Waals surface area contributed by atoms with Crippen molar-refractivity contribution in [1.82, 2.24) is 9.88 Å². The highest BCUT2D eigenvalue weighted by molar-refractivity contribution is 5.83. The van der Waals surface area contributed by atoms with Crippen LogP contribution in [-0.4, -0.2) is 44.7 Å². The number of fused-ring (bicyclic) bond motifs is 1. The molecule has 21 heavy (non-hydrogen) atoms. The van der Waals surface area contributed by atoms with E-state index in [2.05, 4.69) is 4.98 Å². The first-order chi connectivity index (χ1) is 9.74. The van der Waals surface area contributed by atoms with E-state index < -0.39 is 29.1 Å². The fourth-order valence-electron chi connectivity index (χ4n) is 3.13. The van der Waals surface area contributed by atoms with Crippen molar-refractivity contribution in [2.24, 2.45) is 0 Å². The molecule has 1 aromatic rings. The highest BCUT2D eigenvalue weighted by Gasteiger charge is 2.70. The molecule has 1 amide bonds. The van der Waals surface area contributed by atoms with Crippen LogP contribution < -0.4 is 0 Å². The highest BCUT2D eigenvalue weighted by atomic mass is 16.6. The number of amides is 1. The van der Waals surface area contributed by atoms with Gasteiger partial charge >= 0.3 is 12.1 Å². The number of aromatic nitrogens is 1. The largest absolute Gasteiger partial charge is 0.480 e. The van der Waals surface area contributed by atoms with E-state index >= 15 is 0 Å². The van der Waals surface area contributed by atoms with E-state index in [1.165, 1.54) is 11.3 Å². The number of ether oxygens (including phenoxy) is 1. The van der Waals surface area contributed by atoms with Crippen molar-refractivity contribution in [2.45, 2.75) is 56.7 Å². The van der Waals surface area contributed by atoms with Crippen molar-refractivity contribution >= 4 is 12.1 Å². The minimum absolute atomic E-state index is 0.193. The summed E-state index contributed by atoms with van der Waals surface area (Å²) in [7, 11) is 0. The van der Waals surface area contributed by atoms with E-state index in [-0.39, 0.29) is 6.04 Å². The number of carboxylic acids is 1. The molecule has 0 bridgehead atoms. The molecule has 1 aliphatic heterocycles. The monoisotopic (exact) mass is 294 g/mol. The van der Waals surface area contributed by atoms with E-state index in [1.54, 1.807) is 27.0 Å². The predicted octanol–water partition coefficient (Wildman–Crippen LogP) is 1.78. The SMILES string of the molecule is CC(C)(C)OC(=O)N1C2C[C@]2(c2cnco2)C[C@H]1C(=O)O. The van der Waals surface area contributed by atoms with Crippen LogP contribution in [0.1, 0.15) is 39.4 Å². The van der Waals surface area contributed by atoms with Crippen molar-refractivity contribution in [2.75, 3.05) is 0 Å². The van der Waals surface area contributed by atoms with Crippen LogP contribution in [0, 0.1) is 0 Å². The van der Waals surface area contributed by atoms with Gasteiger partial charge in [-0.15, -0.1) is 0 Å². The summed E-state index contributed by atoms with van der Waals surface area (Å²) in [4.78, 5) is 29.0. The summed E-state index contributed by atoms with van der Waals surface area (Å²) in [6, 6.07) is -1.08. The number of rotatable bonds is 2. The quantitative estimate of drug-likeness (QED) is 0.893. The first-order valence-corrected chi connectivity index (χ1v) is 6.88. The molecule has 2 fully saturated rings. The molecule has 2 heterocycles. The maximum absolute atomic E-state index is 12.3. The molecule has 7 heteroatoms. The number of carbonyl (C=O) groups is 2. The van der Waals surface area contributed by atoms with Gasteiger partial charge in [-0.3, -0.25) is 4.90 Å². The smallest absolute Gasteiger partial charge is 0.411 e. The number of piperidine rings is 1. The maximum Gasteiger partial charge on any atom is 0.411 e. The molecule has 3 rings (SSSR count). The van der Waals surface area contributed by atoms with Gasteiger partial charge in [-0.2, -0.15) is 0 Å². The Bertz CT molecular complexity index is 577. The van der Waals surface area contributed by atoms with Crippen molar-refractivity contribution < 1.29 is 23.8 Å². The van der Waals surface area contributed by atoms with Crippen LogP contribution in [0.4, 0.5) is 4.79 Å². The Morgan fingerprint density at radius 1 is 1.48 bits per heavy atom. The standard InChI is InChI=1S/C14H18N2O5/c1-13(2,3)21-12(19)16-8(11(17)18)4-14(5-9(14)16)10-6-15-7-20-10/h6-9H,4-5H2,1-3H3,(H,17,18)/t8-,9?,14+/m0/s1. The lowest BCUT2D eigenvalue weighted by molar-refractivity contribution is -0.142. The molecule has 1 saturated carbocycles. The van der Waals surface area contributed by atoms with Gasteiger partial charge in [-0.25, -0.2) is 14.6 Å². The maximum atomic E-state index is 12.3. The molecular weight excluding hydrogens is 276 g/mol. The Morgan fingerprint density at radius 3 is 2.71 bits per heavy atom. The van der Waals surface area contributed by atoms with Crippen LogP contribution in [-0.2, 0) is 14.9 Å². The second-order valence-corrected chi connectivity index (χ2v) is 6.69. The number of oxazole rings is 1. The molecule has 1 saturated heterocycles. The van der Waals surface area contributed by atoms with Crippen LogP contribution in [0.2, 0.25) is 0 Å². The van der Waals surface area contributed by atoms with Gasteiger partial charge in [0, 0.05) is 6.04 Å². The summed E-state index contributed by atoms with van der Waals surface area (Å²) >= 11 is 0. The molecule has 0 radical (unpaired) electrons. The molecule has 1 aromatic heterocycles. The third-order valence-electron chi connectivity index (χ3n) is 4.08. The van der Waals surface area contributed by atoms with Crippen LogP contribution in [0.3, 0.4) is 0 Å². The Balaban J connectivity index is 1.86. The average molecular weight is 294 g/mol. The number of carboxylic acid groups (broad SMARTS) is 1. The number of likely N-dealkylation sites (tertiary alicyclic amines) is 1. The van der Waals surface area contributed by atoms with E-state index in [4.69, 9.17) is 9.15 Å². The molecule has 3 atom stereocenters. The zero-order chi connectivity index (χ0) is 15.4. The minimum Gasteiger partial charge on any atom is -0.480 e. The third-order valence-corrected chi connectivity index (χ3v) is 4.08. The van der Waals surface area contributed by atoms with E-state index in [0.29, 0.717) is 18.6 Å². The summed E-state index contributed by atoms with van der Waals surface area (Å²) < 4.78 is 10.7. The number of hydrogen-bond donors (Lipinski definition) is 1. The molecule has 1 aliphatic carbocycles.